The molecule has 0 aliphatic carbocycles. The lowest BCUT2D eigenvalue weighted by Crippen LogP contribution is -2.32. The van der Waals surface area contributed by atoms with Crippen molar-refractivity contribution in [1.29, 1.82) is 0 Å². The van der Waals surface area contributed by atoms with Crippen LogP contribution in [0.15, 0.2) is 97.3 Å². The fourth-order valence-electron chi connectivity index (χ4n) is 4.50. The first-order chi connectivity index (χ1) is 16.7. The number of aromatic nitrogens is 2. The van der Waals surface area contributed by atoms with Gasteiger partial charge in [0.1, 0.15) is 5.82 Å². The van der Waals surface area contributed by atoms with Crippen molar-refractivity contribution in [1.82, 2.24) is 19.8 Å². The van der Waals surface area contributed by atoms with Gasteiger partial charge in [0, 0.05) is 42.6 Å². The van der Waals surface area contributed by atoms with Crippen LogP contribution in [-0.2, 0) is 0 Å². The van der Waals surface area contributed by atoms with Gasteiger partial charge in [0.05, 0.1) is 17.8 Å². The second kappa shape index (κ2) is 10.1. The maximum absolute atomic E-state index is 14.0. The molecule has 4 aromatic rings. The fraction of sp³-hybridized carbons (Fsp3) is 0.185. The van der Waals surface area contributed by atoms with Crippen molar-refractivity contribution in [2.24, 2.45) is 0 Å². The summed E-state index contributed by atoms with van der Waals surface area (Å²) in [5.74, 6) is -0.262. The minimum atomic E-state index is -0.262. The van der Waals surface area contributed by atoms with E-state index >= 15 is 0 Å². The highest BCUT2D eigenvalue weighted by Gasteiger charge is 2.40. The van der Waals surface area contributed by atoms with Crippen molar-refractivity contribution >= 4 is 23.0 Å². The molecule has 3 heterocycles. The van der Waals surface area contributed by atoms with Gasteiger partial charge in [0.2, 0.25) is 0 Å². The molecule has 1 saturated heterocycles. The molecule has 0 unspecified atom stereocenters. The predicted octanol–water partition coefficient (Wildman–Crippen LogP) is 5.49. The number of benzene rings is 2. The van der Waals surface area contributed by atoms with Gasteiger partial charge in [-0.1, -0.05) is 30.3 Å². The Kier molecular flexibility index (Phi) is 6.53. The average Bonchev–Trinajstić information content (AvgIpc) is 3.47. The van der Waals surface area contributed by atoms with Crippen LogP contribution < -0.4 is 10.6 Å². The van der Waals surface area contributed by atoms with Crippen LogP contribution in [0.3, 0.4) is 0 Å². The monoisotopic (exact) mass is 471 g/mol. The van der Waals surface area contributed by atoms with Crippen molar-refractivity contribution < 1.29 is 4.39 Å². The topological polar surface area (TPSA) is 45.1 Å². The van der Waals surface area contributed by atoms with Crippen molar-refractivity contribution in [3.63, 3.8) is 0 Å². The summed E-state index contributed by atoms with van der Waals surface area (Å²) in [4.78, 5) is 6.84. The van der Waals surface area contributed by atoms with Crippen LogP contribution in [0, 0.1) is 5.82 Å². The molecule has 1 aliphatic rings. The van der Waals surface area contributed by atoms with Gasteiger partial charge in [-0.3, -0.25) is 4.98 Å². The zero-order valence-corrected chi connectivity index (χ0v) is 19.5. The number of hydrogen-bond acceptors (Lipinski definition) is 3. The van der Waals surface area contributed by atoms with Crippen molar-refractivity contribution in [2.75, 3.05) is 18.4 Å². The standard InChI is InChI=1S/C27H26FN5S/c28-20-9-6-12-22(19-20)32-17-7-14-24(32)26-25(23-13-4-5-15-30-23)31-27(34)33(26)18-8-16-29-21-10-2-1-3-11-21/h1-7,9-15,17,19,25-26,29H,8,16,18H2,(H,31,34)/t25-,26+/m0/s1. The molecule has 0 amide bonds. The van der Waals surface area contributed by atoms with Crippen LogP contribution in [-0.4, -0.2) is 32.7 Å². The van der Waals surface area contributed by atoms with Gasteiger partial charge in [-0.05, 0) is 73.2 Å². The number of para-hydroxylation sites is 1. The maximum Gasteiger partial charge on any atom is 0.170 e. The van der Waals surface area contributed by atoms with E-state index in [0.29, 0.717) is 5.11 Å². The maximum atomic E-state index is 14.0. The van der Waals surface area contributed by atoms with Gasteiger partial charge in [0.15, 0.2) is 5.11 Å². The lowest BCUT2D eigenvalue weighted by Gasteiger charge is -2.29. The minimum absolute atomic E-state index is 0.0857. The fourth-order valence-corrected chi connectivity index (χ4v) is 4.83. The van der Waals surface area contributed by atoms with E-state index in [-0.39, 0.29) is 17.9 Å². The summed E-state index contributed by atoms with van der Waals surface area (Å²) >= 11 is 5.79. The predicted molar refractivity (Wildman–Crippen MR) is 137 cm³/mol. The molecule has 0 spiro atoms. The smallest absolute Gasteiger partial charge is 0.170 e. The number of nitrogens with one attached hydrogen (secondary N) is 2. The van der Waals surface area contributed by atoms with E-state index < -0.39 is 0 Å². The first-order valence-electron chi connectivity index (χ1n) is 11.4. The van der Waals surface area contributed by atoms with Gasteiger partial charge in [-0.2, -0.15) is 0 Å². The summed E-state index contributed by atoms with van der Waals surface area (Å²) in [5, 5.41) is 7.67. The molecule has 1 aliphatic heterocycles. The molecule has 2 atom stereocenters. The first kappa shape index (κ1) is 22.1. The largest absolute Gasteiger partial charge is 0.385 e. The molecular weight excluding hydrogens is 445 g/mol. The molecular formula is C27H26FN5S. The average molecular weight is 472 g/mol. The molecule has 2 aromatic heterocycles. The molecule has 2 N–H and O–H groups in total. The van der Waals surface area contributed by atoms with Gasteiger partial charge in [0.25, 0.3) is 0 Å². The number of pyridine rings is 1. The Morgan fingerprint density at radius 1 is 0.971 bits per heavy atom. The number of nitrogens with zero attached hydrogens (tertiary/aromatic N) is 3. The van der Waals surface area contributed by atoms with E-state index in [1.807, 2.05) is 59.3 Å². The lowest BCUT2D eigenvalue weighted by molar-refractivity contribution is 0.307. The molecule has 1 fully saturated rings. The van der Waals surface area contributed by atoms with Crippen molar-refractivity contribution in [3.8, 4) is 5.69 Å². The first-order valence-corrected chi connectivity index (χ1v) is 11.8. The van der Waals surface area contributed by atoms with E-state index in [1.165, 1.54) is 6.07 Å². The summed E-state index contributed by atoms with van der Waals surface area (Å²) in [5.41, 5.74) is 3.84. The highest BCUT2D eigenvalue weighted by molar-refractivity contribution is 7.80. The third-order valence-corrected chi connectivity index (χ3v) is 6.40. The Morgan fingerprint density at radius 3 is 2.62 bits per heavy atom. The summed E-state index contributed by atoms with van der Waals surface area (Å²) in [7, 11) is 0. The summed E-state index contributed by atoms with van der Waals surface area (Å²) < 4.78 is 16.1. The van der Waals surface area contributed by atoms with E-state index in [2.05, 4.69) is 38.7 Å². The normalized spacial score (nSPS) is 17.6. The number of rotatable bonds is 8. The molecule has 34 heavy (non-hydrogen) atoms. The van der Waals surface area contributed by atoms with Crippen molar-refractivity contribution in [2.45, 2.75) is 18.5 Å². The molecule has 0 radical (unpaired) electrons. The van der Waals surface area contributed by atoms with Crippen LogP contribution in [0.25, 0.3) is 5.69 Å². The molecule has 0 bridgehead atoms. The lowest BCUT2D eigenvalue weighted by atomic mass is 10.0. The Bertz CT molecular complexity index is 1240. The van der Waals surface area contributed by atoms with Gasteiger partial charge < -0.3 is 20.1 Å². The Hall–Kier alpha value is -3.71. The zero-order valence-electron chi connectivity index (χ0n) is 18.6. The molecule has 7 heteroatoms. The number of halogens is 1. The van der Waals surface area contributed by atoms with Crippen molar-refractivity contribution in [3.05, 3.63) is 115 Å². The highest BCUT2D eigenvalue weighted by Crippen LogP contribution is 2.39. The molecule has 2 aromatic carbocycles. The summed E-state index contributed by atoms with van der Waals surface area (Å²) in [6.07, 6.45) is 4.67. The number of thiocarbonyl (C=S) groups is 1. The second-order valence-corrected chi connectivity index (χ2v) is 8.64. The minimum Gasteiger partial charge on any atom is -0.385 e. The van der Waals surface area contributed by atoms with E-state index in [4.69, 9.17) is 12.2 Å². The van der Waals surface area contributed by atoms with Gasteiger partial charge in [-0.25, -0.2) is 4.39 Å². The molecule has 172 valence electrons. The SMILES string of the molecule is Fc1cccc(-n2cccc2[C@@H]2[C@H](c3ccccn3)NC(=S)N2CCCNc2ccccc2)c1. The van der Waals surface area contributed by atoms with Crippen LogP contribution in [0.1, 0.15) is 29.9 Å². The Labute approximate surface area is 204 Å². The molecule has 5 nitrogen and oxygen atoms in total. The zero-order chi connectivity index (χ0) is 23.3. The Morgan fingerprint density at radius 2 is 1.82 bits per heavy atom. The van der Waals surface area contributed by atoms with E-state index in [9.17, 15) is 4.39 Å². The van der Waals surface area contributed by atoms with E-state index in [1.54, 1.807) is 18.3 Å². The number of anilines is 1. The van der Waals surface area contributed by atoms with E-state index in [0.717, 1.165) is 42.3 Å². The third-order valence-electron chi connectivity index (χ3n) is 6.05. The van der Waals surface area contributed by atoms with Crippen LogP contribution in [0.4, 0.5) is 10.1 Å². The summed E-state index contributed by atoms with van der Waals surface area (Å²) in [6.45, 7) is 1.60. The van der Waals surface area contributed by atoms with Crippen LogP contribution in [0.2, 0.25) is 0 Å². The highest BCUT2D eigenvalue weighted by atomic mass is 32.1. The third kappa shape index (κ3) is 4.65. The van der Waals surface area contributed by atoms with Gasteiger partial charge in [-0.15, -0.1) is 0 Å². The quantitative estimate of drug-likeness (QED) is 0.263. The molecule has 5 rings (SSSR count). The Balaban J connectivity index is 1.43. The number of hydrogen-bond donors (Lipinski definition) is 2. The second-order valence-electron chi connectivity index (χ2n) is 8.25. The van der Waals surface area contributed by atoms with Gasteiger partial charge >= 0.3 is 0 Å². The summed E-state index contributed by atoms with van der Waals surface area (Å²) in [6, 6.07) is 26.6. The van der Waals surface area contributed by atoms with Crippen LogP contribution >= 0.6 is 12.2 Å². The molecule has 0 saturated carbocycles. The van der Waals surface area contributed by atoms with Crippen LogP contribution in [0.5, 0.6) is 0 Å².